The van der Waals surface area contributed by atoms with Crippen LogP contribution in [-0.2, 0) is 4.79 Å². The summed E-state index contributed by atoms with van der Waals surface area (Å²) < 4.78 is 0. The summed E-state index contributed by atoms with van der Waals surface area (Å²) in [5.41, 5.74) is 1.37. The number of nitrogens with zero attached hydrogens (tertiary/aromatic N) is 1. The third kappa shape index (κ3) is 3.21. The molecule has 2 aliphatic rings. The first-order valence-corrected chi connectivity index (χ1v) is 7.84. The second-order valence-electron chi connectivity index (χ2n) is 6.21. The lowest BCUT2D eigenvalue weighted by molar-refractivity contribution is -0.129. The molecule has 0 radical (unpaired) electrons. The van der Waals surface area contributed by atoms with Crippen LogP contribution in [0.5, 0.6) is 0 Å². The van der Waals surface area contributed by atoms with Crippen LogP contribution in [0.25, 0.3) is 0 Å². The van der Waals surface area contributed by atoms with Gasteiger partial charge in [0.15, 0.2) is 0 Å². The normalized spacial score (nSPS) is 24.1. The Kier molecular flexibility index (Phi) is 4.06. The molecule has 1 aromatic rings. The van der Waals surface area contributed by atoms with Gasteiger partial charge in [-0.25, -0.2) is 0 Å². The molecule has 2 unspecified atom stereocenters. The van der Waals surface area contributed by atoms with Crippen molar-refractivity contribution in [3.63, 3.8) is 0 Å². The van der Waals surface area contributed by atoms with Gasteiger partial charge in [0.25, 0.3) is 0 Å². The third-order valence-corrected chi connectivity index (χ3v) is 4.51. The molecule has 0 spiro atoms. The molecular weight excluding hydrogens is 248 g/mol. The number of nitrogens with one attached hydrogen (secondary N) is 1. The highest BCUT2D eigenvalue weighted by atomic mass is 16.2. The zero-order valence-electron chi connectivity index (χ0n) is 12.2. The van der Waals surface area contributed by atoms with Gasteiger partial charge in [0.1, 0.15) is 0 Å². The lowest BCUT2D eigenvalue weighted by Gasteiger charge is -2.20. The summed E-state index contributed by atoms with van der Waals surface area (Å²) in [4.78, 5) is 14.3. The van der Waals surface area contributed by atoms with Gasteiger partial charge in [0, 0.05) is 19.1 Å². The Labute approximate surface area is 121 Å². The van der Waals surface area contributed by atoms with Crippen LogP contribution in [0.2, 0.25) is 0 Å². The second-order valence-corrected chi connectivity index (χ2v) is 6.21. The van der Waals surface area contributed by atoms with Crippen LogP contribution in [-0.4, -0.2) is 36.0 Å². The molecule has 1 aliphatic carbocycles. The van der Waals surface area contributed by atoms with Gasteiger partial charge >= 0.3 is 0 Å². The Morgan fingerprint density at radius 3 is 2.70 bits per heavy atom. The van der Waals surface area contributed by atoms with Crippen molar-refractivity contribution in [2.45, 2.75) is 50.6 Å². The van der Waals surface area contributed by atoms with Crippen molar-refractivity contribution < 1.29 is 4.79 Å². The highest BCUT2D eigenvalue weighted by Crippen LogP contribution is 2.24. The van der Waals surface area contributed by atoms with E-state index in [0.717, 1.165) is 25.9 Å². The Bertz CT molecular complexity index is 455. The second kappa shape index (κ2) is 5.96. The fraction of sp³-hybridized carbons (Fsp3) is 0.588. The summed E-state index contributed by atoms with van der Waals surface area (Å²) >= 11 is 0. The van der Waals surface area contributed by atoms with Crippen molar-refractivity contribution >= 4 is 5.91 Å². The predicted octanol–water partition coefficient (Wildman–Crippen LogP) is 2.53. The molecule has 1 amide bonds. The Morgan fingerprint density at radius 2 is 2.00 bits per heavy atom. The van der Waals surface area contributed by atoms with Crippen LogP contribution < -0.4 is 5.32 Å². The minimum atomic E-state index is 0.0922. The lowest BCUT2D eigenvalue weighted by atomic mass is 9.98. The molecule has 2 atom stereocenters. The number of hydrogen-bond donors (Lipinski definition) is 1. The first-order chi connectivity index (χ1) is 9.74. The quantitative estimate of drug-likeness (QED) is 0.863. The predicted molar refractivity (Wildman–Crippen MR) is 80.6 cm³/mol. The van der Waals surface area contributed by atoms with Gasteiger partial charge in [0.2, 0.25) is 5.91 Å². The number of carbonyl (C=O) groups is 1. The smallest absolute Gasteiger partial charge is 0.239 e. The maximum atomic E-state index is 12.3. The average Bonchev–Trinajstić information content (AvgIpc) is 3.23. The molecular formula is C17H24N2O. The summed E-state index contributed by atoms with van der Waals surface area (Å²) in [6, 6.07) is 11.3. The molecule has 20 heavy (non-hydrogen) atoms. The molecule has 0 aromatic heterocycles. The number of amides is 1. The summed E-state index contributed by atoms with van der Waals surface area (Å²) in [6.45, 7) is 4.05. The molecule has 3 nitrogen and oxygen atoms in total. The van der Waals surface area contributed by atoms with E-state index in [-0.39, 0.29) is 6.04 Å². The van der Waals surface area contributed by atoms with Crippen LogP contribution in [0.3, 0.4) is 0 Å². The Hall–Kier alpha value is -1.35. The number of benzene rings is 1. The van der Waals surface area contributed by atoms with Crippen molar-refractivity contribution in [3.8, 4) is 0 Å². The zero-order chi connectivity index (χ0) is 13.9. The SMILES string of the molecule is CC(CCN1CCC(NC2CC2)C1=O)c1ccccc1. The van der Waals surface area contributed by atoms with E-state index in [1.54, 1.807) is 0 Å². The fourth-order valence-electron chi connectivity index (χ4n) is 2.95. The maximum absolute atomic E-state index is 12.3. The molecule has 1 saturated heterocycles. The minimum Gasteiger partial charge on any atom is -0.341 e. The van der Waals surface area contributed by atoms with Crippen LogP contribution >= 0.6 is 0 Å². The standard InChI is InChI=1S/C17H24N2O/c1-13(14-5-3-2-4-6-14)9-11-19-12-10-16(17(19)20)18-15-7-8-15/h2-6,13,15-16,18H,7-12H2,1H3. The highest BCUT2D eigenvalue weighted by molar-refractivity contribution is 5.84. The summed E-state index contributed by atoms with van der Waals surface area (Å²) in [6.07, 6.45) is 4.52. The monoisotopic (exact) mass is 272 g/mol. The van der Waals surface area contributed by atoms with Gasteiger partial charge in [0.05, 0.1) is 6.04 Å². The van der Waals surface area contributed by atoms with E-state index in [2.05, 4.69) is 36.5 Å². The van der Waals surface area contributed by atoms with E-state index < -0.39 is 0 Å². The molecule has 1 saturated carbocycles. The number of rotatable bonds is 6. The molecule has 1 aromatic carbocycles. The van der Waals surface area contributed by atoms with Crippen LogP contribution in [0.4, 0.5) is 0 Å². The van der Waals surface area contributed by atoms with E-state index in [1.165, 1.54) is 18.4 Å². The van der Waals surface area contributed by atoms with Gasteiger partial charge in [-0.15, -0.1) is 0 Å². The summed E-state index contributed by atoms with van der Waals surface area (Å²) in [5, 5.41) is 3.46. The molecule has 1 heterocycles. The molecule has 0 bridgehead atoms. The van der Waals surface area contributed by atoms with Crippen molar-refractivity contribution in [1.29, 1.82) is 0 Å². The number of likely N-dealkylation sites (tertiary alicyclic amines) is 1. The Balaban J connectivity index is 1.47. The number of carbonyl (C=O) groups excluding carboxylic acids is 1. The van der Waals surface area contributed by atoms with E-state index >= 15 is 0 Å². The average molecular weight is 272 g/mol. The zero-order valence-corrected chi connectivity index (χ0v) is 12.2. The van der Waals surface area contributed by atoms with Gasteiger partial charge in [-0.3, -0.25) is 4.79 Å². The largest absolute Gasteiger partial charge is 0.341 e. The van der Waals surface area contributed by atoms with Crippen molar-refractivity contribution in [2.75, 3.05) is 13.1 Å². The van der Waals surface area contributed by atoms with Crippen LogP contribution in [0.1, 0.15) is 44.1 Å². The first-order valence-electron chi connectivity index (χ1n) is 7.84. The fourth-order valence-corrected chi connectivity index (χ4v) is 2.95. The molecule has 1 N–H and O–H groups in total. The van der Waals surface area contributed by atoms with Crippen LogP contribution in [0, 0.1) is 0 Å². The van der Waals surface area contributed by atoms with Gasteiger partial charge in [-0.05, 0) is 37.2 Å². The minimum absolute atomic E-state index is 0.0922. The van der Waals surface area contributed by atoms with E-state index in [1.807, 2.05) is 11.0 Å². The van der Waals surface area contributed by atoms with Crippen LogP contribution in [0.15, 0.2) is 30.3 Å². The summed E-state index contributed by atoms with van der Waals surface area (Å²) in [5.74, 6) is 0.830. The Morgan fingerprint density at radius 1 is 1.25 bits per heavy atom. The van der Waals surface area contributed by atoms with E-state index in [0.29, 0.717) is 17.9 Å². The first kappa shape index (κ1) is 13.6. The molecule has 1 aliphatic heterocycles. The maximum Gasteiger partial charge on any atom is 0.239 e. The van der Waals surface area contributed by atoms with Crippen molar-refractivity contribution in [2.24, 2.45) is 0 Å². The van der Waals surface area contributed by atoms with Gasteiger partial charge in [-0.2, -0.15) is 0 Å². The molecule has 108 valence electrons. The van der Waals surface area contributed by atoms with E-state index in [9.17, 15) is 4.79 Å². The van der Waals surface area contributed by atoms with Crippen molar-refractivity contribution in [1.82, 2.24) is 10.2 Å². The highest BCUT2D eigenvalue weighted by Gasteiger charge is 2.35. The molecule has 2 fully saturated rings. The van der Waals surface area contributed by atoms with E-state index in [4.69, 9.17) is 0 Å². The number of hydrogen-bond acceptors (Lipinski definition) is 2. The molecule has 3 rings (SSSR count). The topological polar surface area (TPSA) is 32.3 Å². The lowest BCUT2D eigenvalue weighted by Crippen LogP contribution is -2.39. The van der Waals surface area contributed by atoms with Crippen molar-refractivity contribution in [3.05, 3.63) is 35.9 Å². The van der Waals surface area contributed by atoms with Gasteiger partial charge < -0.3 is 10.2 Å². The summed E-state index contributed by atoms with van der Waals surface area (Å²) in [7, 11) is 0. The third-order valence-electron chi connectivity index (χ3n) is 4.51. The van der Waals surface area contributed by atoms with Gasteiger partial charge in [-0.1, -0.05) is 37.3 Å². The molecule has 3 heteroatoms.